The molecule has 2 rings (SSSR count). The topological polar surface area (TPSA) is 242 Å². The van der Waals surface area contributed by atoms with Crippen LogP contribution < -0.4 is 5.73 Å². The molecule has 0 amide bonds. The van der Waals surface area contributed by atoms with Crippen molar-refractivity contribution in [2.75, 3.05) is 6.61 Å². The highest BCUT2D eigenvalue weighted by Crippen LogP contribution is 2.38. The van der Waals surface area contributed by atoms with E-state index < -0.39 is 72.6 Å². The third kappa shape index (κ3) is 4.20. The molecule has 6 atom stereocenters. The molecule has 0 bridgehead atoms. The van der Waals surface area contributed by atoms with Gasteiger partial charge < -0.3 is 36.0 Å². The van der Waals surface area contributed by atoms with Crippen LogP contribution in [0.2, 0.25) is 0 Å². The molecule has 7 N–H and O–H groups in total. The second-order valence-corrected chi connectivity index (χ2v) is 6.07. The fourth-order valence-corrected chi connectivity index (χ4v) is 2.56. The third-order valence-electron chi connectivity index (χ3n) is 4.16. The van der Waals surface area contributed by atoms with Crippen molar-refractivity contribution in [1.29, 1.82) is 0 Å². The standard InChI is InChI=1S/C14H17NO14/c15-13(14(24)11(22)10(21)9(20)5(4-16)25-14)3-8(19)28-26-6(17)1-2-7(18)27-29-12(13)23/h1-2,5,9-11,16,20-22,24H,3-4,15H2/b2-1-/t5-,9-,10+,11-,13?,14?/m1/s1. The molecule has 0 aromatic carbocycles. The van der Waals surface area contributed by atoms with Gasteiger partial charge in [0.1, 0.15) is 24.4 Å². The lowest BCUT2D eigenvalue weighted by Crippen LogP contribution is -2.79. The second-order valence-electron chi connectivity index (χ2n) is 6.07. The van der Waals surface area contributed by atoms with Crippen molar-refractivity contribution in [3.05, 3.63) is 12.2 Å². The number of rotatable bonds is 2. The Bertz CT molecular complexity index is 721. The van der Waals surface area contributed by atoms with E-state index in [1.54, 1.807) is 0 Å². The molecule has 0 aromatic heterocycles. The molecular formula is C14H17NO14. The molecule has 1 fully saturated rings. The van der Waals surface area contributed by atoms with Crippen LogP contribution in [0.3, 0.4) is 0 Å². The number of ether oxygens (including phenoxy) is 1. The number of hydrogen-bond acceptors (Lipinski definition) is 15. The van der Waals surface area contributed by atoms with Crippen LogP contribution in [-0.4, -0.2) is 91.8 Å². The predicted octanol–water partition coefficient (Wildman–Crippen LogP) is -5.19. The minimum absolute atomic E-state index is 0.422. The lowest BCUT2D eigenvalue weighted by Gasteiger charge is -2.50. The Balaban J connectivity index is 2.47. The zero-order valence-corrected chi connectivity index (χ0v) is 14.4. The zero-order chi connectivity index (χ0) is 22.0. The quantitative estimate of drug-likeness (QED) is 0.227. The normalized spacial score (nSPS) is 40.5. The van der Waals surface area contributed by atoms with Crippen molar-refractivity contribution in [3.63, 3.8) is 0 Å². The van der Waals surface area contributed by atoms with Crippen molar-refractivity contribution in [3.8, 4) is 0 Å². The Morgan fingerprint density at radius 3 is 2.07 bits per heavy atom. The van der Waals surface area contributed by atoms with E-state index in [2.05, 4.69) is 19.6 Å². The van der Waals surface area contributed by atoms with Gasteiger partial charge in [0.15, 0.2) is 5.54 Å². The summed E-state index contributed by atoms with van der Waals surface area (Å²) in [5.74, 6) is -9.61. The molecule has 0 saturated carbocycles. The summed E-state index contributed by atoms with van der Waals surface area (Å²) in [6, 6.07) is 0. The van der Waals surface area contributed by atoms with Crippen LogP contribution in [0.4, 0.5) is 0 Å². The van der Waals surface area contributed by atoms with Gasteiger partial charge in [0.25, 0.3) is 0 Å². The molecule has 0 spiro atoms. The summed E-state index contributed by atoms with van der Waals surface area (Å²) < 4.78 is 4.90. The van der Waals surface area contributed by atoms with E-state index in [1.165, 1.54) is 0 Å². The van der Waals surface area contributed by atoms with Gasteiger partial charge in [0.2, 0.25) is 5.79 Å². The van der Waals surface area contributed by atoms with Crippen LogP contribution in [-0.2, 0) is 43.5 Å². The van der Waals surface area contributed by atoms with Gasteiger partial charge in [-0.2, -0.15) is 0 Å². The number of nitrogens with two attached hydrogens (primary N) is 1. The van der Waals surface area contributed by atoms with Crippen molar-refractivity contribution < 1.29 is 69.0 Å². The number of carbonyl (C=O) groups is 4. The number of aliphatic hydroxyl groups excluding tert-OH is 4. The Hall–Kier alpha value is -2.66. The van der Waals surface area contributed by atoms with Crippen molar-refractivity contribution >= 4 is 23.9 Å². The molecule has 162 valence electrons. The SMILES string of the molecule is NC1(C2(O)O[C@H](CO)[C@@H](O)[C@H](O)[C@H]2O)CC(=O)OOC(=O)/C=C\C(=O)OOC1=O. The summed E-state index contributed by atoms with van der Waals surface area (Å²) in [4.78, 5) is 63.3. The molecule has 0 aliphatic carbocycles. The molecule has 0 radical (unpaired) electrons. The van der Waals surface area contributed by atoms with E-state index in [0.29, 0.717) is 12.2 Å². The molecule has 1 saturated heterocycles. The maximum Gasteiger partial charge on any atom is 0.381 e. The highest BCUT2D eigenvalue weighted by atomic mass is 17.2. The molecular weight excluding hydrogens is 406 g/mol. The molecule has 0 aromatic rings. The van der Waals surface area contributed by atoms with E-state index in [-0.39, 0.29) is 0 Å². The van der Waals surface area contributed by atoms with E-state index in [1.807, 2.05) is 0 Å². The number of aliphatic hydroxyl groups is 5. The summed E-state index contributed by atoms with van der Waals surface area (Å²) in [7, 11) is 0. The summed E-state index contributed by atoms with van der Waals surface area (Å²) in [6.45, 7) is -1.03. The van der Waals surface area contributed by atoms with Crippen molar-refractivity contribution in [1.82, 2.24) is 0 Å². The Labute approximate surface area is 160 Å². The van der Waals surface area contributed by atoms with Gasteiger partial charge in [-0.3, -0.25) is 0 Å². The van der Waals surface area contributed by atoms with Crippen molar-refractivity contribution in [2.45, 2.75) is 42.2 Å². The van der Waals surface area contributed by atoms with Gasteiger partial charge in [-0.15, -0.1) is 0 Å². The van der Waals surface area contributed by atoms with Crippen molar-refractivity contribution in [2.24, 2.45) is 5.73 Å². The lowest BCUT2D eigenvalue weighted by atomic mass is 9.77. The summed E-state index contributed by atoms with van der Waals surface area (Å²) in [5.41, 5.74) is 2.57. The summed E-state index contributed by atoms with van der Waals surface area (Å²) in [5, 5.41) is 49.9. The summed E-state index contributed by atoms with van der Waals surface area (Å²) in [6.07, 6.45) is -9.02. The first-order valence-electron chi connectivity index (χ1n) is 7.82. The first-order chi connectivity index (χ1) is 13.5. The first kappa shape index (κ1) is 22.6. The largest absolute Gasteiger partial charge is 0.394 e. The van der Waals surface area contributed by atoms with Crippen LogP contribution in [0.5, 0.6) is 0 Å². The number of hydrogen-bond donors (Lipinski definition) is 6. The van der Waals surface area contributed by atoms with Gasteiger partial charge in [-0.1, -0.05) is 0 Å². The minimum Gasteiger partial charge on any atom is -0.394 e. The molecule has 2 aliphatic heterocycles. The van der Waals surface area contributed by atoms with Gasteiger partial charge in [0, 0.05) is 12.2 Å². The molecule has 2 heterocycles. The van der Waals surface area contributed by atoms with Crippen LogP contribution in [0.15, 0.2) is 12.2 Å². The van der Waals surface area contributed by atoms with E-state index in [0.717, 1.165) is 0 Å². The second kappa shape index (κ2) is 8.37. The fraction of sp³-hybridized carbons (Fsp3) is 0.571. The average molecular weight is 423 g/mol. The smallest absolute Gasteiger partial charge is 0.381 e. The van der Waals surface area contributed by atoms with E-state index in [4.69, 9.17) is 10.5 Å². The Kier molecular flexibility index (Phi) is 6.53. The highest BCUT2D eigenvalue weighted by molar-refractivity contribution is 5.93. The van der Waals surface area contributed by atoms with Crippen LogP contribution >= 0.6 is 0 Å². The Morgan fingerprint density at radius 2 is 1.52 bits per heavy atom. The monoisotopic (exact) mass is 423 g/mol. The third-order valence-corrected chi connectivity index (χ3v) is 4.16. The molecule has 15 heteroatoms. The van der Waals surface area contributed by atoms with Gasteiger partial charge in [-0.05, 0) is 0 Å². The predicted molar refractivity (Wildman–Crippen MR) is 80.0 cm³/mol. The fourth-order valence-electron chi connectivity index (χ4n) is 2.56. The minimum atomic E-state index is -3.40. The Morgan fingerprint density at radius 1 is 0.966 bits per heavy atom. The average Bonchev–Trinajstić information content (AvgIpc) is 2.68. The van der Waals surface area contributed by atoms with E-state index >= 15 is 0 Å². The highest BCUT2D eigenvalue weighted by Gasteiger charge is 2.67. The zero-order valence-electron chi connectivity index (χ0n) is 14.4. The molecule has 2 aliphatic rings. The van der Waals surface area contributed by atoms with E-state index in [9.17, 15) is 44.7 Å². The van der Waals surface area contributed by atoms with Gasteiger partial charge >= 0.3 is 23.9 Å². The maximum atomic E-state index is 12.4. The first-order valence-corrected chi connectivity index (χ1v) is 7.82. The lowest BCUT2D eigenvalue weighted by molar-refractivity contribution is -0.374. The summed E-state index contributed by atoms with van der Waals surface area (Å²) >= 11 is 0. The van der Waals surface area contributed by atoms with Gasteiger partial charge in [-0.25, -0.2) is 38.7 Å². The number of carbonyl (C=O) groups excluding carboxylic acids is 4. The van der Waals surface area contributed by atoms with Gasteiger partial charge in [0.05, 0.1) is 13.0 Å². The maximum absolute atomic E-state index is 12.4. The molecule has 2 unspecified atom stereocenters. The molecule has 15 nitrogen and oxygen atoms in total. The van der Waals surface area contributed by atoms with Crippen LogP contribution in [0.25, 0.3) is 0 Å². The molecule has 29 heavy (non-hydrogen) atoms. The van der Waals surface area contributed by atoms with Crippen LogP contribution in [0, 0.1) is 0 Å². The van der Waals surface area contributed by atoms with Crippen LogP contribution in [0.1, 0.15) is 6.42 Å².